The van der Waals surface area contributed by atoms with Crippen molar-refractivity contribution in [1.82, 2.24) is 10.3 Å². The van der Waals surface area contributed by atoms with Crippen molar-refractivity contribution < 1.29 is 18.0 Å². The minimum atomic E-state index is -4.24. The Bertz CT molecular complexity index is 579. The van der Waals surface area contributed by atoms with E-state index in [1.807, 2.05) is 24.3 Å². The molecule has 1 aromatic carbocycles. The molecule has 2 rings (SSSR count). The molecule has 0 unspecified atom stereocenters. The first-order chi connectivity index (χ1) is 9.94. The summed E-state index contributed by atoms with van der Waals surface area (Å²) in [4.78, 5) is 15.7. The molecule has 0 saturated heterocycles. The number of fused-ring (bicyclic) bond motifs is 1. The second-order valence-electron chi connectivity index (χ2n) is 4.38. The summed E-state index contributed by atoms with van der Waals surface area (Å²) in [5, 5.41) is 5.93. The van der Waals surface area contributed by atoms with E-state index in [-0.39, 0.29) is 13.0 Å². The van der Waals surface area contributed by atoms with Gasteiger partial charge in [-0.15, -0.1) is 0 Å². The van der Waals surface area contributed by atoms with Gasteiger partial charge in [0.1, 0.15) is 0 Å². The van der Waals surface area contributed by atoms with Crippen molar-refractivity contribution in [2.24, 2.45) is 0 Å². The van der Waals surface area contributed by atoms with E-state index in [0.717, 1.165) is 10.2 Å². The highest BCUT2D eigenvalue weighted by Gasteiger charge is 2.26. The monoisotopic (exact) mass is 317 g/mol. The van der Waals surface area contributed by atoms with Crippen molar-refractivity contribution in [3.63, 3.8) is 0 Å². The van der Waals surface area contributed by atoms with Gasteiger partial charge in [0.15, 0.2) is 5.13 Å². The van der Waals surface area contributed by atoms with Crippen LogP contribution >= 0.6 is 11.3 Å². The molecule has 0 fully saturated rings. The third-order valence-corrected chi connectivity index (χ3v) is 3.65. The zero-order chi connectivity index (χ0) is 15.3. The second kappa shape index (κ2) is 6.75. The molecule has 1 aromatic heterocycles. The molecule has 0 radical (unpaired) electrons. The number of anilines is 1. The van der Waals surface area contributed by atoms with E-state index in [4.69, 9.17) is 0 Å². The predicted octanol–water partition coefficient (Wildman–Crippen LogP) is 3.17. The number of thiazole rings is 1. The fraction of sp³-hybridized carbons (Fsp3) is 0.385. The maximum absolute atomic E-state index is 11.9. The summed E-state index contributed by atoms with van der Waals surface area (Å²) >= 11 is 1.47. The quantitative estimate of drug-likeness (QED) is 0.860. The van der Waals surface area contributed by atoms with Crippen LogP contribution in [0.25, 0.3) is 10.2 Å². The van der Waals surface area contributed by atoms with Gasteiger partial charge < -0.3 is 10.6 Å². The Morgan fingerprint density at radius 3 is 2.71 bits per heavy atom. The topological polar surface area (TPSA) is 54.0 Å². The number of amides is 1. The molecule has 21 heavy (non-hydrogen) atoms. The van der Waals surface area contributed by atoms with Gasteiger partial charge in [-0.05, 0) is 12.1 Å². The Labute approximate surface area is 123 Å². The van der Waals surface area contributed by atoms with Gasteiger partial charge >= 0.3 is 6.18 Å². The fourth-order valence-electron chi connectivity index (χ4n) is 1.66. The Morgan fingerprint density at radius 2 is 2.00 bits per heavy atom. The molecular weight excluding hydrogens is 303 g/mol. The fourth-order valence-corrected chi connectivity index (χ4v) is 2.55. The van der Waals surface area contributed by atoms with Crippen LogP contribution in [0.4, 0.5) is 18.3 Å². The number of benzene rings is 1. The van der Waals surface area contributed by atoms with Crippen LogP contribution in [0.2, 0.25) is 0 Å². The number of halogens is 3. The summed E-state index contributed by atoms with van der Waals surface area (Å²) in [7, 11) is 0. The number of alkyl halides is 3. The molecule has 1 amide bonds. The number of hydrogen-bond acceptors (Lipinski definition) is 4. The summed E-state index contributed by atoms with van der Waals surface area (Å²) in [6, 6.07) is 7.64. The number of carbonyl (C=O) groups is 1. The lowest BCUT2D eigenvalue weighted by molar-refractivity contribution is -0.135. The molecule has 0 saturated carbocycles. The van der Waals surface area contributed by atoms with Crippen LogP contribution in [0.3, 0.4) is 0 Å². The third kappa shape index (κ3) is 5.22. The maximum Gasteiger partial charge on any atom is 0.390 e. The average molecular weight is 317 g/mol. The number of nitrogens with zero attached hydrogens (tertiary/aromatic N) is 1. The Balaban J connectivity index is 1.70. The molecular formula is C13H14F3N3OS. The number of hydrogen-bond donors (Lipinski definition) is 2. The zero-order valence-electron chi connectivity index (χ0n) is 11.0. The van der Waals surface area contributed by atoms with Crippen molar-refractivity contribution in [3.8, 4) is 0 Å². The SMILES string of the molecule is O=C(CCNc1nc2ccccc2s1)NCCC(F)(F)F. The van der Waals surface area contributed by atoms with Crippen LogP contribution in [0.1, 0.15) is 12.8 Å². The first-order valence-electron chi connectivity index (χ1n) is 6.37. The number of para-hydroxylation sites is 1. The highest BCUT2D eigenvalue weighted by molar-refractivity contribution is 7.22. The molecule has 0 aliphatic rings. The molecule has 2 N–H and O–H groups in total. The predicted molar refractivity (Wildman–Crippen MR) is 76.4 cm³/mol. The molecule has 114 valence electrons. The van der Waals surface area contributed by atoms with E-state index in [1.54, 1.807) is 0 Å². The van der Waals surface area contributed by atoms with Crippen LogP contribution in [0, 0.1) is 0 Å². The molecule has 0 atom stereocenters. The Morgan fingerprint density at radius 1 is 1.24 bits per heavy atom. The first kappa shape index (κ1) is 15.6. The van der Waals surface area contributed by atoms with Crippen LogP contribution < -0.4 is 10.6 Å². The molecule has 1 heterocycles. The number of aromatic nitrogens is 1. The lowest BCUT2D eigenvalue weighted by Gasteiger charge is -2.07. The van der Waals surface area contributed by atoms with Crippen molar-refractivity contribution in [2.75, 3.05) is 18.4 Å². The third-order valence-electron chi connectivity index (χ3n) is 2.65. The Kier molecular flexibility index (Phi) is 5.00. The van der Waals surface area contributed by atoms with Gasteiger partial charge in [0, 0.05) is 19.5 Å². The van der Waals surface area contributed by atoms with Gasteiger partial charge in [-0.1, -0.05) is 23.5 Å². The minimum Gasteiger partial charge on any atom is -0.361 e. The molecule has 0 aliphatic carbocycles. The zero-order valence-corrected chi connectivity index (χ0v) is 11.9. The first-order valence-corrected chi connectivity index (χ1v) is 7.18. The van der Waals surface area contributed by atoms with Crippen LogP contribution in [0.5, 0.6) is 0 Å². The Hall–Kier alpha value is -1.83. The van der Waals surface area contributed by atoms with Gasteiger partial charge in [0.25, 0.3) is 0 Å². The van der Waals surface area contributed by atoms with Crippen molar-refractivity contribution >= 4 is 32.6 Å². The average Bonchev–Trinajstić information content (AvgIpc) is 2.79. The van der Waals surface area contributed by atoms with Crippen molar-refractivity contribution in [1.29, 1.82) is 0 Å². The number of carbonyl (C=O) groups excluding carboxylic acids is 1. The molecule has 2 aromatic rings. The van der Waals surface area contributed by atoms with Crippen molar-refractivity contribution in [2.45, 2.75) is 19.0 Å². The molecule has 0 aliphatic heterocycles. The molecule has 8 heteroatoms. The summed E-state index contributed by atoms with van der Waals surface area (Å²) in [5.41, 5.74) is 0.875. The second-order valence-corrected chi connectivity index (χ2v) is 5.41. The number of rotatable bonds is 6. The van der Waals surface area contributed by atoms with Gasteiger partial charge in [-0.2, -0.15) is 13.2 Å². The standard InChI is InChI=1S/C13H14F3N3OS/c14-13(15,16)6-8-17-11(20)5-7-18-12-19-9-3-1-2-4-10(9)21-12/h1-4H,5-8H2,(H,17,20)(H,18,19). The smallest absolute Gasteiger partial charge is 0.361 e. The van der Waals surface area contributed by atoms with Crippen LogP contribution in [0.15, 0.2) is 24.3 Å². The molecule has 0 spiro atoms. The summed E-state index contributed by atoms with van der Waals surface area (Å²) in [5.74, 6) is -0.409. The highest BCUT2D eigenvalue weighted by Crippen LogP contribution is 2.25. The largest absolute Gasteiger partial charge is 0.390 e. The molecule has 4 nitrogen and oxygen atoms in total. The summed E-state index contributed by atoms with van der Waals surface area (Å²) < 4.78 is 36.8. The van der Waals surface area contributed by atoms with Crippen molar-refractivity contribution in [3.05, 3.63) is 24.3 Å². The number of nitrogens with one attached hydrogen (secondary N) is 2. The van der Waals surface area contributed by atoms with Gasteiger partial charge in [-0.3, -0.25) is 4.79 Å². The van der Waals surface area contributed by atoms with Gasteiger partial charge in [0.2, 0.25) is 5.91 Å². The van der Waals surface area contributed by atoms with Gasteiger partial charge in [-0.25, -0.2) is 4.98 Å². The van der Waals surface area contributed by atoms with Gasteiger partial charge in [0.05, 0.1) is 16.6 Å². The lowest BCUT2D eigenvalue weighted by atomic mass is 10.3. The summed E-state index contributed by atoms with van der Waals surface area (Å²) in [6.45, 7) is -0.0544. The summed E-state index contributed by atoms with van der Waals surface area (Å²) in [6.07, 6.45) is -5.15. The van der Waals surface area contributed by atoms with E-state index in [1.165, 1.54) is 11.3 Å². The maximum atomic E-state index is 11.9. The van der Waals surface area contributed by atoms with Crippen LogP contribution in [-0.4, -0.2) is 30.2 Å². The highest BCUT2D eigenvalue weighted by atomic mass is 32.1. The van der Waals surface area contributed by atoms with E-state index in [2.05, 4.69) is 15.6 Å². The van der Waals surface area contributed by atoms with E-state index < -0.39 is 18.5 Å². The van der Waals surface area contributed by atoms with E-state index >= 15 is 0 Å². The van der Waals surface area contributed by atoms with E-state index in [0.29, 0.717) is 11.7 Å². The van der Waals surface area contributed by atoms with E-state index in [9.17, 15) is 18.0 Å². The minimum absolute atomic E-state index is 0.105. The normalized spacial score (nSPS) is 11.6. The van der Waals surface area contributed by atoms with Crippen LogP contribution in [-0.2, 0) is 4.79 Å². The lowest BCUT2D eigenvalue weighted by Crippen LogP contribution is -2.29. The molecule has 0 bridgehead atoms.